The molecule has 0 saturated heterocycles. The zero-order valence-corrected chi connectivity index (χ0v) is 14.6. The van der Waals surface area contributed by atoms with Crippen LogP contribution in [-0.4, -0.2) is 25.1 Å². The number of carbonyl (C=O) groups is 1. The summed E-state index contributed by atoms with van der Waals surface area (Å²) in [5, 5.41) is 3.39. The molecule has 1 amide bonds. The van der Waals surface area contributed by atoms with Crippen LogP contribution in [0.5, 0.6) is 11.5 Å². The molecule has 0 radical (unpaired) electrons. The van der Waals surface area contributed by atoms with Gasteiger partial charge in [-0.3, -0.25) is 4.79 Å². The second-order valence-electron chi connectivity index (χ2n) is 5.38. The summed E-state index contributed by atoms with van der Waals surface area (Å²) in [5.41, 5.74) is 2.83. The first-order valence-electron chi connectivity index (χ1n) is 7.47. The highest BCUT2D eigenvalue weighted by molar-refractivity contribution is 7.22. The second-order valence-corrected chi connectivity index (χ2v) is 6.38. The summed E-state index contributed by atoms with van der Waals surface area (Å²) >= 11 is 1.37. The summed E-state index contributed by atoms with van der Waals surface area (Å²) in [4.78, 5) is 16.7. The van der Waals surface area contributed by atoms with Gasteiger partial charge >= 0.3 is 0 Å². The standard InChI is InChI=1S/C18H18N2O3S/c1-11-4-6-12(7-5-11)10-15(21)19-18-20-16-13(22-2)8-9-14(23-3)17(16)24-18/h4-9H,10H2,1-3H3,(H,19,20,21). The highest BCUT2D eigenvalue weighted by Crippen LogP contribution is 2.38. The van der Waals surface area contributed by atoms with Crippen molar-refractivity contribution in [3.8, 4) is 11.5 Å². The fourth-order valence-electron chi connectivity index (χ4n) is 2.39. The summed E-state index contributed by atoms with van der Waals surface area (Å²) < 4.78 is 11.5. The Kier molecular flexibility index (Phi) is 4.66. The van der Waals surface area contributed by atoms with Crippen LogP contribution in [-0.2, 0) is 11.2 Å². The van der Waals surface area contributed by atoms with Crippen molar-refractivity contribution < 1.29 is 14.3 Å². The molecule has 0 saturated carbocycles. The molecule has 5 nitrogen and oxygen atoms in total. The van der Waals surface area contributed by atoms with Crippen molar-refractivity contribution in [2.24, 2.45) is 0 Å². The number of carbonyl (C=O) groups excluding carboxylic acids is 1. The molecule has 0 atom stereocenters. The van der Waals surface area contributed by atoms with E-state index in [0.717, 1.165) is 10.3 Å². The zero-order valence-electron chi connectivity index (χ0n) is 13.8. The molecule has 0 aliphatic heterocycles. The highest BCUT2D eigenvalue weighted by atomic mass is 32.1. The minimum Gasteiger partial charge on any atom is -0.495 e. The molecule has 2 aromatic carbocycles. The van der Waals surface area contributed by atoms with Crippen molar-refractivity contribution in [2.75, 3.05) is 19.5 Å². The van der Waals surface area contributed by atoms with Gasteiger partial charge in [-0.05, 0) is 24.6 Å². The van der Waals surface area contributed by atoms with Gasteiger partial charge < -0.3 is 14.8 Å². The molecule has 1 N–H and O–H groups in total. The van der Waals surface area contributed by atoms with E-state index in [-0.39, 0.29) is 5.91 Å². The van der Waals surface area contributed by atoms with E-state index in [1.807, 2.05) is 37.3 Å². The molecular weight excluding hydrogens is 324 g/mol. The quantitative estimate of drug-likeness (QED) is 0.766. The number of nitrogens with one attached hydrogen (secondary N) is 1. The zero-order chi connectivity index (χ0) is 17.1. The fraction of sp³-hybridized carbons (Fsp3) is 0.222. The number of fused-ring (bicyclic) bond motifs is 1. The van der Waals surface area contributed by atoms with Gasteiger partial charge in [0, 0.05) is 0 Å². The lowest BCUT2D eigenvalue weighted by Crippen LogP contribution is -2.14. The molecule has 6 heteroatoms. The number of aromatic nitrogens is 1. The van der Waals surface area contributed by atoms with Crippen LogP contribution in [0.25, 0.3) is 10.2 Å². The Bertz CT molecular complexity index is 831. The van der Waals surface area contributed by atoms with Crippen molar-refractivity contribution in [1.29, 1.82) is 0 Å². The molecule has 1 heterocycles. The van der Waals surface area contributed by atoms with Crippen molar-refractivity contribution in [1.82, 2.24) is 4.98 Å². The lowest BCUT2D eigenvalue weighted by atomic mass is 10.1. The first kappa shape index (κ1) is 16.3. The number of amides is 1. The number of aryl methyl sites for hydroxylation is 1. The average molecular weight is 342 g/mol. The van der Waals surface area contributed by atoms with Crippen LogP contribution >= 0.6 is 11.3 Å². The Hall–Kier alpha value is -2.60. The number of benzene rings is 2. The summed E-state index contributed by atoms with van der Waals surface area (Å²) in [6.07, 6.45) is 0.310. The van der Waals surface area contributed by atoms with E-state index < -0.39 is 0 Å². The Morgan fingerprint density at radius 2 is 1.75 bits per heavy atom. The average Bonchev–Trinajstić information content (AvgIpc) is 2.99. The third-order valence-corrected chi connectivity index (χ3v) is 4.63. The van der Waals surface area contributed by atoms with Crippen molar-refractivity contribution in [3.05, 3.63) is 47.5 Å². The van der Waals surface area contributed by atoms with Crippen molar-refractivity contribution >= 4 is 32.6 Å². The number of hydrogen-bond donors (Lipinski definition) is 1. The largest absolute Gasteiger partial charge is 0.495 e. The van der Waals surface area contributed by atoms with Gasteiger partial charge in [0.2, 0.25) is 5.91 Å². The third kappa shape index (κ3) is 3.33. The van der Waals surface area contributed by atoms with Gasteiger partial charge in [-0.25, -0.2) is 4.98 Å². The predicted molar refractivity (Wildman–Crippen MR) is 96.2 cm³/mol. The third-order valence-electron chi connectivity index (χ3n) is 3.64. The van der Waals surface area contributed by atoms with Gasteiger partial charge in [0.1, 0.15) is 21.7 Å². The molecule has 1 aromatic heterocycles. The van der Waals surface area contributed by atoms with E-state index in [4.69, 9.17) is 9.47 Å². The Labute approximate surface area is 144 Å². The highest BCUT2D eigenvalue weighted by Gasteiger charge is 2.15. The van der Waals surface area contributed by atoms with Crippen LogP contribution < -0.4 is 14.8 Å². The normalized spacial score (nSPS) is 10.6. The molecule has 0 aliphatic rings. The van der Waals surface area contributed by atoms with E-state index >= 15 is 0 Å². The number of nitrogens with zero attached hydrogens (tertiary/aromatic N) is 1. The summed E-state index contributed by atoms with van der Waals surface area (Å²) in [6, 6.07) is 11.5. The topological polar surface area (TPSA) is 60.5 Å². The van der Waals surface area contributed by atoms with Crippen LogP contribution in [0.15, 0.2) is 36.4 Å². The van der Waals surface area contributed by atoms with Crippen molar-refractivity contribution in [3.63, 3.8) is 0 Å². The number of anilines is 1. The van der Waals surface area contributed by atoms with Crippen LogP contribution in [0.4, 0.5) is 5.13 Å². The molecule has 24 heavy (non-hydrogen) atoms. The van der Waals surface area contributed by atoms with Gasteiger partial charge in [0.15, 0.2) is 5.13 Å². The van der Waals surface area contributed by atoms with Crippen LogP contribution in [0, 0.1) is 6.92 Å². The molecule has 0 spiro atoms. The molecule has 124 valence electrons. The molecule has 0 aliphatic carbocycles. The van der Waals surface area contributed by atoms with Crippen molar-refractivity contribution in [2.45, 2.75) is 13.3 Å². The molecule has 3 aromatic rings. The van der Waals surface area contributed by atoms with Crippen LogP contribution in [0.3, 0.4) is 0 Å². The maximum Gasteiger partial charge on any atom is 0.230 e. The molecule has 0 unspecified atom stereocenters. The van der Waals surface area contributed by atoms with E-state index in [1.165, 1.54) is 16.9 Å². The summed E-state index contributed by atoms with van der Waals surface area (Å²) in [6.45, 7) is 2.02. The van der Waals surface area contributed by atoms with Gasteiger partial charge in [-0.2, -0.15) is 0 Å². The number of hydrogen-bond acceptors (Lipinski definition) is 5. The van der Waals surface area contributed by atoms with Crippen LogP contribution in [0.2, 0.25) is 0 Å². The SMILES string of the molecule is COc1ccc(OC)c2sc(NC(=O)Cc3ccc(C)cc3)nc12. The maximum absolute atomic E-state index is 12.2. The molecular formula is C18H18N2O3S. The Morgan fingerprint density at radius 3 is 2.42 bits per heavy atom. The Balaban J connectivity index is 1.82. The lowest BCUT2D eigenvalue weighted by Gasteiger charge is -2.03. The van der Waals surface area contributed by atoms with E-state index in [0.29, 0.717) is 28.6 Å². The minimum absolute atomic E-state index is 0.101. The van der Waals surface area contributed by atoms with E-state index in [2.05, 4.69) is 10.3 Å². The van der Waals surface area contributed by atoms with Gasteiger partial charge in [-0.15, -0.1) is 0 Å². The summed E-state index contributed by atoms with van der Waals surface area (Å²) in [5.74, 6) is 1.26. The van der Waals surface area contributed by atoms with E-state index in [9.17, 15) is 4.79 Å². The first-order chi connectivity index (χ1) is 11.6. The smallest absolute Gasteiger partial charge is 0.230 e. The Morgan fingerprint density at radius 1 is 1.08 bits per heavy atom. The maximum atomic E-state index is 12.2. The number of ether oxygens (including phenoxy) is 2. The monoisotopic (exact) mass is 342 g/mol. The molecule has 3 rings (SSSR count). The van der Waals surface area contributed by atoms with Gasteiger partial charge in [0.25, 0.3) is 0 Å². The molecule has 0 fully saturated rings. The minimum atomic E-state index is -0.101. The van der Waals surface area contributed by atoms with Crippen LogP contribution in [0.1, 0.15) is 11.1 Å². The number of thiazole rings is 1. The fourth-order valence-corrected chi connectivity index (χ4v) is 3.38. The number of methoxy groups -OCH3 is 2. The second kappa shape index (κ2) is 6.88. The lowest BCUT2D eigenvalue weighted by molar-refractivity contribution is -0.115. The van der Waals surface area contributed by atoms with E-state index in [1.54, 1.807) is 20.3 Å². The van der Waals surface area contributed by atoms with Gasteiger partial charge in [-0.1, -0.05) is 41.2 Å². The summed E-state index contributed by atoms with van der Waals surface area (Å²) in [7, 11) is 3.20. The first-order valence-corrected chi connectivity index (χ1v) is 8.29. The van der Waals surface area contributed by atoms with Gasteiger partial charge in [0.05, 0.1) is 20.6 Å². The number of rotatable bonds is 5. The predicted octanol–water partition coefficient (Wildman–Crippen LogP) is 3.80. The molecule has 0 bridgehead atoms.